The molecule has 1 saturated heterocycles. The standard InChI is InChI=1S/C21H30N4O/c1-15-9-8-12-25(13-15)14-21(3,4)22-20(26)19-16(2)18(23-24-19)17-10-6-5-7-11-17/h5-7,10-11,15H,8-9,12-14H2,1-4H3,(H,22,26)(H,23,24)/t15-/m1/s1. The van der Waals surface area contributed by atoms with Crippen LogP contribution in [0.3, 0.4) is 0 Å². The Bertz CT molecular complexity index is 751. The average molecular weight is 354 g/mol. The van der Waals surface area contributed by atoms with Gasteiger partial charge < -0.3 is 10.2 Å². The number of benzene rings is 1. The van der Waals surface area contributed by atoms with Gasteiger partial charge in [0.05, 0.1) is 5.69 Å². The van der Waals surface area contributed by atoms with Gasteiger partial charge in [-0.05, 0) is 46.1 Å². The van der Waals surface area contributed by atoms with E-state index in [1.165, 1.54) is 12.8 Å². The first-order valence-corrected chi connectivity index (χ1v) is 9.51. The second-order valence-electron chi connectivity index (χ2n) is 8.26. The van der Waals surface area contributed by atoms with Crippen molar-refractivity contribution in [3.05, 3.63) is 41.6 Å². The third kappa shape index (κ3) is 4.33. The van der Waals surface area contributed by atoms with E-state index in [1.807, 2.05) is 37.3 Å². The molecule has 5 heteroatoms. The zero-order valence-electron chi connectivity index (χ0n) is 16.3. The second-order valence-corrected chi connectivity index (χ2v) is 8.26. The minimum Gasteiger partial charge on any atom is -0.345 e. The Morgan fingerprint density at radius 1 is 1.35 bits per heavy atom. The number of rotatable bonds is 5. The van der Waals surface area contributed by atoms with E-state index in [2.05, 4.69) is 41.2 Å². The van der Waals surface area contributed by atoms with Crippen molar-refractivity contribution in [2.45, 2.75) is 46.1 Å². The second kappa shape index (κ2) is 7.62. The van der Waals surface area contributed by atoms with Gasteiger partial charge in [0, 0.05) is 29.8 Å². The number of H-pyrrole nitrogens is 1. The maximum absolute atomic E-state index is 12.8. The number of nitrogens with one attached hydrogen (secondary N) is 2. The zero-order valence-corrected chi connectivity index (χ0v) is 16.3. The van der Waals surface area contributed by atoms with Crippen LogP contribution in [-0.2, 0) is 0 Å². The first-order chi connectivity index (χ1) is 12.4. The first kappa shape index (κ1) is 18.6. The molecule has 1 aromatic carbocycles. The van der Waals surface area contributed by atoms with Gasteiger partial charge in [-0.2, -0.15) is 5.10 Å². The maximum atomic E-state index is 12.8. The van der Waals surface area contributed by atoms with Crippen molar-refractivity contribution in [3.8, 4) is 11.3 Å². The molecule has 2 aromatic rings. The number of hydrogen-bond donors (Lipinski definition) is 2. The lowest BCUT2D eigenvalue weighted by Gasteiger charge is -2.37. The number of likely N-dealkylation sites (tertiary alicyclic amines) is 1. The normalized spacial score (nSPS) is 18.7. The number of carbonyl (C=O) groups is 1. The molecule has 2 heterocycles. The number of amides is 1. The number of carbonyl (C=O) groups excluding carboxylic acids is 1. The summed E-state index contributed by atoms with van der Waals surface area (Å²) in [6.07, 6.45) is 2.55. The van der Waals surface area contributed by atoms with Gasteiger partial charge in [0.15, 0.2) is 0 Å². The lowest BCUT2D eigenvalue weighted by Crippen LogP contribution is -2.53. The summed E-state index contributed by atoms with van der Waals surface area (Å²) >= 11 is 0. The maximum Gasteiger partial charge on any atom is 0.270 e. The molecule has 5 nitrogen and oxygen atoms in total. The van der Waals surface area contributed by atoms with Crippen molar-refractivity contribution in [3.63, 3.8) is 0 Å². The van der Waals surface area contributed by atoms with Gasteiger partial charge >= 0.3 is 0 Å². The number of nitrogens with zero attached hydrogens (tertiary/aromatic N) is 2. The van der Waals surface area contributed by atoms with Crippen LogP contribution in [0.5, 0.6) is 0 Å². The molecule has 0 spiro atoms. The van der Waals surface area contributed by atoms with Crippen molar-refractivity contribution in [1.29, 1.82) is 0 Å². The number of hydrogen-bond acceptors (Lipinski definition) is 3. The van der Waals surface area contributed by atoms with Gasteiger partial charge in [-0.25, -0.2) is 0 Å². The van der Waals surface area contributed by atoms with Crippen molar-refractivity contribution in [1.82, 2.24) is 20.4 Å². The predicted octanol–water partition coefficient (Wildman–Crippen LogP) is 3.63. The Balaban J connectivity index is 1.68. The van der Waals surface area contributed by atoms with Crippen LogP contribution < -0.4 is 5.32 Å². The van der Waals surface area contributed by atoms with Crippen LogP contribution >= 0.6 is 0 Å². The molecule has 0 bridgehead atoms. The average Bonchev–Trinajstić information content (AvgIpc) is 2.96. The van der Waals surface area contributed by atoms with Gasteiger partial charge in [-0.15, -0.1) is 0 Å². The summed E-state index contributed by atoms with van der Waals surface area (Å²) < 4.78 is 0. The Kier molecular flexibility index (Phi) is 5.47. The van der Waals surface area contributed by atoms with Crippen LogP contribution in [0.4, 0.5) is 0 Å². The predicted molar refractivity (Wildman–Crippen MR) is 105 cm³/mol. The van der Waals surface area contributed by atoms with Crippen LogP contribution in [-0.4, -0.2) is 46.2 Å². The van der Waals surface area contributed by atoms with Crippen molar-refractivity contribution in [2.75, 3.05) is 19.6 Å². The zero-order chi connectivity index (χ0) is 18.7. The fourth-order valence-corrected chi connectivity index (χ4v) is 3.89. The molecule has 0 radical (unpaired) electrons. The third-order valence-corrected chi connectivity index (χ3v) is 5.10. The highest BCUT2D eigenvalue weighted by Gasteiger charge is 2.28. The highest BCUT2D eigenvalue weighted by atomic mass is 16.2. The van der Waals surface area contributed by atoms with Crippen LogP contribution in [0.1, 0.15) is 49.7 Å². The van der Waals surface area contributed by atoms with E-state index in [-0.39, 0.29) is 11.4 Å². The molecule has 0 unspecified atom stereocenters. The monoisotopic (exact) mass is 354 g/mol. The molecule has 1 amide bonds. The Morgan fingerprint density at radius 3 is 2.77 bits per heavy atom. The number of piperidine rings is 1. The number of aromatic nitrogens is 2. The molecule has 1 fully saturated rings. The summed E-state index contributed by atoms with van der Waals surface area (Å²) in [5, 5.41) is 10.5. The molecule has 0 aliphatic carbocycles. The van der Waals surface area contributed by atoms with Gasteiger partial charge in [-0.1, -0.05) is 37.3 Å². The van der Waals surface area contributed by atoms with E-state index in [0.29, 0.717) is 5.69 Å². The van der Waals surface area contributed by atoms with Crippen molar-refractivity contribution >= 4 is 5.91 Å². The smallest absolute Gasteiger partial charge is 0.270 e. The quantitative estimate of drug-likeness (QED) is 0.862. The molecule has 140 valence electrons. The molecule has 1 aliphatic heterocycles. The van der Waals surface area contributed by atoms with Gasteiger partial charge in [0.25, 0.3) is 5.91 Å². The van der Waals surface area contributed by atoms with Gasteiger partial charge in [0.1, 0.15) is 5.69 Å². The highest BCUT2D eigenvalue weighted by Crippen LogP contribution is 2.23. The summed E-state index contributed by atoms with van der Waals surface area (Å²) in [5.41, 5.74) is 2.99. The fraction of sp³-hybridized carbons (Fsp3) is 0.524. The van der Waals surface area contributed by atoms with Crippen LogP contribution in [0.25, 0.3) is 11.3 Å². The molecule has 26 heavy (non-hydrogen) atoms. The summed E-state index contributed by atoms with van der Waals surface area (Å²) in [5.74, 6) is 0.644. The largest absolute Gasteiger partial charge is 0.345 e. The van der Waals surface area contributed by atoms with E-state index in [1.54, 1.807) is 0 Å². The fourth-order valence-electron chi connectivity index (χ4n) is 3.89. The first-order valence-electron chi connectivity index (χ1n) is 9.51. The molecule has 3 rings (SSSR count). The molecule has 2 N–H and O–H groups in total. The van der Waals surface area contributed by atoms with Crippen molar-refractivity contribution < 1.29 is 4.79 Å². The third-order valence-electron chi connectivity index (χ3n) is 5.10. The Hall–Kier alpha value is -2.14. The lowest BCUT2D eigenvalue weighted by atomic mass is 9.97. The summed E-state index contributed by atoms with van der Waals surface area (Å²) in [6, 6.07) is 9.94. The van der Waals surface area contributed by atoms with E-state index >= 15 is 0 Å². The van der Waals surface area contributed by atoms with E-state index < -0.39 is 0 Å². The van der Waals surface area contributed by atoms with Crippen LogP contribution in [0, 0.1) is 12.8 Å². The lowest BCUT2D eigenvalue weighted by molar-refractivity contribution is 0.0857. The minimum absolute atomic E-state index is 0.0905. The summed E-state index contributed by atoms with van der Waals surface area (Å²) in [4.78, 5) is 15.3. The SMILES string of the molecule is Cc1c(-c2ccccc2)n[nH]c1C(=O)NC(C)(C)CN1CCC[C@@H](C)C1. The van der Waals surface area contributed by atoms with Gasteiger partial charge in [-0.3, -0.25) is 9.89 Å². The van der Waals surface area contributed by atoms with Crippen molar-refractivity contribution in [2.24, 2.45) is 5.92 Å². The molecular weight excluding hydrogens is 324 g/mol. The summed E-state index contributed by atoms with van der Waals surface area (Å²) in [7, 11) is 0. The van der Waals surface area contributed by atoms with Gasteiger partial charge in [0.2, 0.25) is 0 Å². The molecule has 0 saturated carbocycles. The minimum atomic E-state index is -0.293. The summed E-state index contributed by atoms with van der Waals surface area (Å²) in [6.45, 7) is 11.5. The van der Waals surface area contributed by atoms with E-state index in [9.17, 15) is 4.79 Å². The topological polar surface area (TPSA) is 61.0 Å². The highest BCUT2D eigenvalue weighted by molar-refractivity contribution is 5.95. The Morgan fingerprint density at radius 2 is 2.08 bits per heavy atom. The molecule has 1 aliphatic rings. The van der Waals surface area contributed by atoms with E-state index in [0.717, 1.165) is 42.4 Å². The van der Waals surface area contributed by atoms with Crippen LogP contribution in [0.2, 0.25) is 0 Å². The number of aromatic amines is 1. The van der Waals surface area contributed by atoms with Crippen LogP contribution in [0.15, 0.2) is 30.3 Å². The molecular formula is C21H30N4O. The van der Waals surface area contributed by atoms with E-state index in [4.69, 9.17) is 0 Å². The molecule has 1 aromatic heterocycles. The molecule has 1 atom stereocenters. The Labute approximate surface area is 156 Å².